The molecule has 0 unspecified atom stereocenters. The molecule has 1 heterocycles. The van der Waals surface area contributed by atoms with Gasteiger partial charge in [-0.25, -0.2) is 8.42 Å². The summed E-state index contributed by atoms with van der Waals surface area (Å²) in [5, 5.41) is 3.31. The Morgan fingerprint density at radius 1 is 1.06 bits per heavy atom. The highest BCUT2D eigenvalue weighted by Gasteiger charge is 2.20. The zero-order chi connectivity index (χ0) is 24.3. The van der Waals surface area contributed by atoms with Crippen molar-refractivity contribution < 1.29 is 13.2 Å². The molecule has 34 heavy (non-hydrogen) atoms. The molecule has 2 N–H and O–H groups in total. The molecule has 0 spiro atoms. The fraction of sp³-hybridized carbons (Fsp3) is 0.167. The lowest BCUT2D eigenvalue weighted by Crippen LogP contribution is -2.25. The fourth-order valence-corrected chi connectivity index (χ4v) is 5.77. The number of nitrogens with one attached hydrogen (secondary N) is 2. The molecular formula is C24H22ClN3O4S2. The van der Waals surface area contributed by atoms with Crippen molar-refractivity contribution in [3.05, 3.63) is 92.5 Å². The number of amides is 1. The van der Waals surface area contributed by atoms with Gasteiger partial charge >= 0.3 is 4.87 Å². The van der Waals surface area contributed by atoms with E-state index in [9.17, 15) is 18.0 Å². The van der Waals surface area contributed by atoms with E-state index in [-0.39, 0.29) is 33.5 Å². The molecule has 0 saturated carbocycles. The summed E-state index contributed by atoms with van der Waals surface area (Å²) >= 11 is 7.21. The van der Waals surface area contributed by atoms with Crippen LogP contribution in [0.5, 0.6) is 0 Å². The van der Waals surface area contributed by atoms with Crippen LogP contribution in [0.25, 0.3) is 10.2 Å². The summed E-state index contributed by atoms with van der Waals surface area (Å²) in [7, 11) is -4.01. The van der Waals surface area contributed by atoms with Crippen molar-refractivity contribution in [1.29, 1.82) is 0 Å². The Balaban J connectivity index is 1.65. The van der Waals surface area contributed by atoms with E-state index in [2.05, 4.69) is 10.0 Å². The molecule has 4 aromatic rings. The van der Waals surface area contributed by atoms with Crippen LogP contribution in [0.1, 0.15) is 29.3 Å². The van der Waals surface area contributed by atoms with Gasteiger partial charge in [0.25, 0.3) is 15.9 Å². The van der Waals surface area contributed by atoms with Gasteiger partial charge in [-0.05, 0) is 48.4 Å². The highest BCUT2D eigenvalue weighted by molar-refractivity contribution is 7.92. The zero-order valence-electron chi connectivity index (χ0n) is 18.2. The van der Waals surface area contributed by atoms with Gasteiger partial charge in [0.2, 0.25) is 0 Å². The molecule has 0 aliphatic heterocycles. The van der Waals surface area contributed by atoms with Crippen LogP contribution in [-0.2, 0) is 16.6 Å². The Morgan fingerprint density at radius 3 is 2.56 bits per heavy atom. The lowest BCUT2D eigenvalue weighted by molar-refractivity contribution is 0.0954. The van der Waals surface area contributed by atoms with Crippen molar-refractivity contribution in [2.24, 2.45) is 0 Å². The van der Waals surface area contributed by atoms with Crippen LogP contribution in [0.2, 0.25) is 5.02 Å². The molecule has 0 bridgehead atoms. The standard InChI is InChI=1S/C24H22ClN3O4S2/c1-2-13-26-23(29)18-8-4-6-10-20(18)27-34(31,32)17-11-12-21-22(14-17)33-24(30)28(21)15-16-7-3-5-9-19(16)25/h3-12,14,27H,2,13,15H2,1H3,(H,26,29). The largest absolute Gasteiger partial charge is 0.352 e. The molecule has 3 aromatic carbocycles. The third-order valence-electron chi connectivity index (χ3n) is 5.19. The molecule has 0 radical (unpaired) electrons. The molecule has 0 atom stereocenters. The maximum absolute atomic E-state index is 13.1. The van der Waals surface area contributed by atoms with Gasteiger partial charge in [0.05, 0.1) is 32.9 Å². The van der Waals surface area contributed by atoms with E-state index < -0.39 is 10.0 Å². The first-order chi connectivity index (χ1) is 16.3. The summed E-state index contributed by atoms with van der Waals surface area (Å²) in [6, 6.07) is 18.2. The SMILES string of the molecule is CCCNC(=O)c1ccccc1NS(=O)(=O)c1ccc2c(c1)sc(=O)n2Cc1ccccc1Cl. The number of para-hydroxylation sites is 1. The van der Waals surface area contributed by atoms with E-state index in [1.807, 2.05) is 25.1 Å². The van der Waals surface area contributed by atoms with Gasteiger partial charge in [-0.15, -0.1) is 0 Å². The van der Waals surface area contributed by atoms with Crippen LogP contribution >= 0.6 is 22.9 Å². The van der Waals surface area contributed by atoms with Crippen molar-refractivity contribution in [3.8, 4) is 0 Å². The average molecular weight is 516 g/mol. The molecule has 4 rings (SSSR count). The van der Waals surface area contributed by atoms with Crippen molar-refractivity contribution >= 4 is 54.8 Å². The van der Waals surface area contributed by atoms with Crippen molar-refractivity contribution in [2.45, 2.75) is 24.8 Å². The number of hydrogen-bond donors (Lipinski definition) is 2. The van der Waals surface area contributed by atoms with Crippen molar-refractivity contribution in [1.82, 2.24) is 9.88 Å². The van der Waals surface area contributed by atoms with E-state index in [0.717, 1.165) is 23.3 Å². The summed E-state index contributed by atoms with van der Waals surface area (Å²) < 4.78 is 30.9. The molecular weight excluding hydrogens is 494 g/mol. The van der Waals surface area contributed by atoms with Gasteiger partial charge in [-0.2, -0.15) is 0 Å². The second kappa shape index (κ2) is 10.0. The van der Waals surface area contributed by atoms with Gasteiger partial charge < -0.3 is 5.32 Å². The number of thiazole rings is 1. The highest BCUT2D eigenvalue weighted by atomic mass is 35.5. The topological polar surface area (TPSA) is 97.3 Å². The van der Waals surface area contributed by atoms with Crippen LogP contribution in [-0.4, -0.2) is 25.4 Å². The Kier molecular flexibility index (Phi) is 7.06. The predicted molar refractivity (Wildman–Crippen MR) is 137 cm³/mol. The Labute approximate surface area is 206 Å². The van der Waals surface area contributed by atoms with E-state index in [1.54, 1.807) is 34.9 Å². The van der Waals surface area contributed by atoms with E-state index in [0.29, 0.717) is 21.8 Å². The number of hydrogen-bond acceptors (Lipinski definition) is 5. The number of benzene rings is 3. The minimum atomic E-state index is -4.01. The monoisotopic (exact) mass is 515 g/mol. The summed E-state index contributed by atoms with van der Waals surface area (Å²) in [6.45, 7) is 2.70. The molecule has 1 amide bonds. The Hall–Kier alpha value is -3.14. The summed E-state index contributed by atoms with van der Waals surface area (Å²) in [5.41, 5.74) is 1.83. The normalized spacial score (nSPS) is 11.5. The van der Waals surface area contributed by atoms with Gasteiger partial charge in [0.1, 0.15) is 0 Å². The lowest BCUT2D eigenvalue weighted by atomic mass is 10.1. The molecule has 176 valence electrons. The molecule has 0 aliphatic rings. The van der Waals surface area contributed by atoms with Crippen molar-refractivity contribution in [2.75, 3.05) is 11.3 Å². The summed E-state index contributed by atoms with van der Waals surface area (Å²) in [4.78, 5) is 24.9. The Morgan fingerprint density at radius 2 is 1.79 bits per heavy atom. The van der Waals surface area contributed by atoms with Gasteiger partial charge in [0.15, 0.2) is 0 Å². The second-order valence-electron chi connectivity index (χ2n) is 7.58. The summed E-state index contributed by atoms with van der Waals surface area (Å²) in [5.74, 6) is -0.356. The zero-order valence-corrected chi connectivity index (χ0v) is 20.6. The van der Waals surface area contributed by atoms with Crippen LogP contribution in [0.15, 0.2) is 76.4 Å². The van der Waals surface area contributed by atoms with E-state index in [1.165, 1.54) is 18.2 Å². The summed E-state index contributed by atoms with van der Waals surface area (Å²) in [6.07, 6.45) is 0.763. The molecule has 0 saturated heterocycles. The lowest BCUT2D eigenvalue weighted by Gasteiger charge is -2.13. The second-order valence-corrected chi connectivity index (χ2v) is 10.7. The number of sulfonamides is 1. The first-order valence-electron chi connectivity index (χ1n) is 10.6. The average Bonchev–Trinajstić information content (AvgIpc) is 3.13. The third-order valence-corrected chi connectivity index (χ3v) is 7.86. The van der Waals surface area contributed by atoms with Crippen LogP contribution in [0.4, 0.5) is 5.69 Å². The molecule has 7 nitrogen and oxygen atoms in total. The number of fused-ring (bicyclic) bond motifs is 1. The quantitative estimate of drug-likeness (QED) is 0.355. The number of aromatic nitrogens is 1. The fourth-order valence-electron chi connectivity index (χ4n) is 3.47. The number of anilines is 1. The maximum atomic E-state index is 13.1. The predicted octanol–water partition coefficient (Wildman–Crippen LogP) is 4.71. The number of nitrogens with zero attached hydrogens (tertiary/aromatic N) is 1. The first-order valence-corrected chi connectivity index (χ1v) is 13.2. The minimum Gasteiger partial charge on any atom is -0.352 e. The van der Waals surface area contributed by atoms with E-state index >= 15 is 0 Å². The van der Waals surface area contributed by atoms with Crippen molar-refractivity contribution in [3.63, 3.8) is 0 Å². The minimum absolute atomic E-state index is 0.00471. The molecule has 10 heteroatoms. The number of rotatable bonds is 8. The van der Waals surface area contributed by atoms with Gasteiger partial charge in [0, 0.05) is 11.6 Å². The first kappa shape index (κ1) is 24.0. The van der Waals surface area contributed by atoms with Crippen LogP contribution in [0, 0.1) is 0 Å². The van der Waals surface area contributed by atoms with Crippen LogP contribution in [0.3, 0.4) is 0 Å². The number of carbonyl (C=O) groups excluding carboxylic acids is 1. The highest BCUT2D eigenvalue weighted by Crippen LogP contribution is 2.26. The number of halogens is 1. The maximum Gasteiger partial charge on any atom is 0.308 e. The Bertz CT molecular complexity index is 1530. The third kappa shape index (κ3) is 5.01. The molecule has 0 aliphatic carbocycles. The van der Waals surface area contributed by atoms with Crippen LogP contribution < -0.4 is 14.9 Å². The van der Waals surface area contributed by atoms with Gasteiger partial charge in [-0.1, -0.05) is 60.2 Å². The van der Waals surface area contributed by atoms with Gasteiger partial charge in [-0.3, -0.25) is 18.9 Å². The molecule has 1 aromatic heterocycles. The van der Waals surface area contributed by atoms with E-state index in [4.69, 9.17) is 11.6 Å². The smallest absolute Gasteiger partial charge is 0.308 e. The number of carbonyl (C=O) groups is 1. The molecule has 0 fully saturated rings.